The Kier molecular flexibility index (Phi) is 3.93. The van der Waals surface area contributed by atoms with E-state index in [2.05, 4.69) is 5.32 Å². The van der Waals surface area contributed by atoms with Crippen molar-refractivity contribution in [2.75, 3.05) is 12.3 Å². The standard InChI is InChI=1S/C12H19N3O2/c1-5-14-11(16)9(4)15-8(3)6-7(2)10(13)12(15)17/h6,9H,5,13H2,1-4H3,(H,14,16)/t9-/m1/s1. The molecule has 1 aromatic rings. The molecule has 0 spiro atoms. The van der Waals surface area contributed by atoms with Crippen molar-refractivity contribution in [3.05, 3.63) is 27.7 Å². The van der Waals surface area contributed by atoms with Gasteiger partial charge >= 0.3 is 0 Å². The minimum absolute atomic E-state index is 0.180. The molecule has 94 valence electrons. The highest BCUT2D eigenvalue weighted by atomic mass is 16.2. The Morgan fingerprint density at radius 1 is 1.53 bits per heavy atom. The van der Waals surface area contributed by atoms with Gasteiger partial charge in [-0.25, -0.2) is 0 Å². The largest absolute Gasteiger partial charge is 0.394 e. The number of nitrogen functional groups attached to an aromatic ring is 1. The molecule has 0 unspecified atom stereocenters. The lowest BCUT2D eigenvalue weighted by molar-refractivity contribution is -0.123. The van der Waals surface area contributed by atoms with Crippen LogP contribution in [0.1, 0.15) is 31.1 Å². The summed E-state index contributed by atoms with van der Waals surface area (Å²) in [7, 11) is 0. The highest BCUT2D eigenvalue weighted by molar-refractivity contribution is 5.80. The van der Waals surface area contributed by atoms with E-state index >= 15 is 0 Å². The van der Waals surface area contributed by atoms with E-state index in [9.17, 15) is 9.59 Å². The fourth-order valence-corrected chi connectivity index (χ4v) is 1.84. The van der Waals surface area contributed by atoms with E-state index in [0.717, 1.165) is 11.3 Å². The third-order valence-electron chi connectivity index (χ3n) is 2.80. The molecular weight excluding hydrogens is 218 g/mol. The summed E-state index contributed by atoms with van der Waals surface area (Å²) in [5.41, 5.74) is 7.07. The predicted molar refractivity (Wildman–Crippen MR) is 68.0 cm³/mol. The first-order valence-electron chi connectivity index (χ1n) is 5.66. The van der Waals surface area contributed by atoms with E-state index in [1.165, 1.54) is 4.57 Å². The number of aromatic nitrogens is 1. The van der Waals surface area contributed by atoms with Gasteiger partial charge in [0, 0.05) is 12.2 Å². The number of amides is 1. The van der Waals surface area contributed by atoms with Crippen molar-refractivity contribution in [1.29, 1.82) is 0 Å². The molecule has 0 aliphatic rings. The van der Waals surface area contributed by atoms with Gasteiger partial charge in [0.15, 0.2) is 0 Å². The maximum atomic E-state index is 12.0. The van der Waals surface area contributed by atoms with E-state index in [-0.39, 0.29) is 17.2 Å². The molecule has 5 heteroatoms. The van der Waals surface area contributed by atoms with Crippen LogP contribution in [0.2, 0.25) is 0 Å². The van der Waals surface area contributed by atoms with Gasteiger partial charge < -0.3 is 11.1 Å². The van der Waals surface area contributed by atoms with Crippen LogP contribution in [0.4, 0.5) is 5.69 Å². The molecule has 3 N–H and O–H groups in total. The van der Waals surface area contributed by atoms with Gasteiger partial charge in [0.05, 0.1) is 0 Å². The predicted octanol–water partition coefficient (Wildman–Crippen LogP) is 0.744. The maximum absolute atomic E-state index is 12.0. The van der Waals surface area contributed by atoms with Crippen LogP contribution in [0.25, 0.3) is 0 Å². The Labute approximate surface area is 101 Å². The van der Waals surface area contributed by atoms with Gasteiger partial charge in [-0.1, -0.05) is 0 Å². The van der Waals surface area contributed by atoms with Crippen molar-refractivity contribution in [2.24, 2.45) is 0 Å². The molecule has 0 aliphatic heterocycles. The summed E-state index contributed by atoms with van der Waals surface area (Å²) in [4.78, 5) is 23.8. The molecule has 1 rings (SSSR count). The van der Waals surface area contributed by atoms with Crippen molar-refractivity contribution in [3.8, 4) is 0 Å². The van der Waals surface area contributed by atoms with Crippen LogP contribution in [0.15, 0.2) is 10.9 Å². The molecule has 0 aliphatic carbocycles. The van der Waals surface area contributed by atoms with Crippen molar-refractivity contribution >= 4 is 11.6 Å². The van der Waals surface area contributed by atoms with Gasteiger partial charge in [-0.05, 0) is 39.3 Å². The number of nitrogens with one attached hydrogen (secondary N) is 1. The number of nitrogens with zero attached hydrogens (tertiary/aromatic N) is 1. The number of carbonyl (C=O) groups is 1. The zero-order chi connectivity index (χ0) is 13.2. The zero-order valence-electron chi connectivity index (χ0n) is 10.7. The molecule has 0 fully saturated rings. The molecule has 17 heavy (non-hydrogen) atoms. The fraction of sp³-hybridized carbons (Fsp3) is 0.500. The quantitative estimate of drug-likeness (QED) is 0.814. The van der Waals surface area contributed by atoms with E-state index in [4.69, 9.17) is 5.73 Å². The zero-order valence-corrected chi connectivity index (χ0v) is 10.7. The number of nitrogens with two attached hydrogens (primary N) is 1. The van der Waals surface area contributed by atoms with E-state index in [1.54, 1.807) is 20.8 Å². The molecule has 1 amide bonds. The minimum Gasteiger partial charge on any atom is -0.394 e. The summed E-state index contributed by atoms with van der Waals surface area (Å²) in [6, 6.07) is 1.26. The summed E-state index contributed by atoms with van der Waals surface area (Å²) in [6.45, 7) is 7.64. The number of likely N-dealkylation sites (N-methyl/N-ethyl adjacent to an activating group) is 1. The number of rotatable bonds is 3. The Morgan fingerprint density at radius 2 is 2.12 bits per heavy atom. The molecule has 5 nitrogen and oxygen atoms in total. The SMILES string of the molecule is CCNC(=O)[C@@H](C)n1c(C)cc(C)c(N)c1=O. The first-order chi connectivity index (χ1) is 7.90. The Morgan fingerprint density at radius 3 is 2.65 bits per heavy atom. The lowest BCUT2D eigenvalue weighted by Crippen LogP contribution is -2.37. The monoisotopic (exact) mass is 237 g/mol. The molecule has 0 saturated carbocycles. The normalized spacial score (nSPS) is 12.2. The molecule has 1 atom stereocenters. The van der Waals surface area contributed by atoms with Crippen molar-refractivity contribution in [1.82, 2.24) is 9.88 Å². The van der Waals surface area contributed by atoms with E-state index in [1.807, 2.05) is 13.0 Å². The van der Waals surface area contributed by atoms with Gasteiger partial charge in [0.2, 0.25) is 5.91 Å². The van der Waals surface area contributed by atoms with Gasteiger partial charge in [-0.3, -0.25) is 14.2 Å². The molecule has 1 aromatic heterocycles. The van der Waals surface area contributed by atoms with Crippen LogP contribution < -0.4 is 16.6 Å². The second-order valence-corrected chi connectivity index (χ2v) is 4.13. The van der Waals surface area contributed by atoms with Crippen LogP contribution in [0.5, 0.6) is 0 Å². The topological polar surface area (TPSA) is 77.1 Å². The minimum atomic E-state index is -0.551. The number of aryl methyl sites for hydroxylation is 2. The third kappa shape index (κ3) is 2.49. The maximum Gasteiger partial charge on any atom is 0.274 e. The van der Waals surface area contributed by atoms with Crippen molar-refractivity contribution in [2.45, 2.75) is 33.7 Å². The average molecular weight is 237 g/mol. The molecule has 0 radical (unpaired) electrons. The smallest absolute Gasteiger partial charge is 0.274 e. The number of carbonyl (C=O) groups excluding carboxylic acids is 1. The lowest BCUT2D eigenvalue weighted by atomic mass is 10.2. The first kappa shape index (κ1) is 13.3. The molecule has 0 saturated heterocycles. The van der Waals surface area contributed by atoms with Crippen LogP contribution in [-0.4, -0.2) is 17.0 Å². The first-order valence-corrected chi connectivity index (χ1v) is 5.66. The third-order valence-corrected chi connectivity index (χ3v) is 2.80. The van der Waals surface area contributed by atoms with Crippen molar-refractivity contribution < 1.29 is 4.79 Å². The number of hydrogen-bond donors (Lipinski definition) is 2. The van der Waals surface area contributed by atoms with Crippen molar-refractivity contribution in [3.63, 3.8) is 0 Å². The number of anilines is 1. The van der Waals surface area contributed by atoms with Gasteiger partial charge in [-0.15, -0.1) is 0 Å². The Balaban J connectivity index is 3.28. The van der Waals surface area contributed by atoms with Gasteiger partial charge in [-0.2, -0.15) is 0 Å². The molecular formula is C12H19N3O2. The van der Waals surface area contributed by atoms with E-state index in [0.29, 0.717) is 6.54 Å². The Hall–Kier alpha value is -1.78. The second kappa shape index (κ2) is 5.03. The van der Waals surface area contributed by atoms with E-state index < -0.39 is 6.04 Å². The van der Waals surface area contributed by atoms with Crippen LogP contribution in [0.3, 0.4) is 0 Å². The summed E-state index contributed by atoms with van der Waals surface area (Å²) >= 11 is 0. The molecule has 1 heterocycles. The summed E-state index contributed by atoms with van der Waals surface area (Å²) < 4.78 is 1.42. The Bertz CT molecular complexity index is 491. The average Bonchev–Trinajstić information content (AvgIpc) is 2.26. The number of hydrogen-bond acceptors (Lipinski definition) is 3. The highest BCUT2D eigenvalue weighted by Gasteiger charge is 2.18. The number of pyridine rings is 1. The van der Waals surface area contributed by atoms with Crippen LogP contribution >= 0.6 is 0 Å². The van der Waals surface area contributed by atoms with Crippen LogP contribution in [-0.2, 0) is 4.79 Å². The lowest BCUT2D eigenvalue weighted by Gasteiger charge is -2.18. The van der Waals surface area contributed by atoms with Gasteiger partial charge in [0.25, 0.3) is 5.56 Å². The molecule has 0 aromatic carbocycles. The molecule has 0 bridgehead atoms. The second-order valence-electron chi connectivity index (χ2n) is 4.13. The van der Waals surface area contributed by atoms with Crippen LogP contribution in [0, 0.1) is 13.8 Å². The summed E-state index contributed by atoms with van der Waals surface area (Å²) in [5, 5.41) is 2.69. The highest BCUT2D eigenvalue weighted by Crippen LogP contribution is 2.12. The summed E-state index contributed by atoms with van der Waals surface area (Å²) in [5.74, 6) is -0.180. The summed E-state index contributed by atoms with van der Waals surface area (Å²) in [6.07, 6.45) is 0. The fourth-order valence-electron chi connectivity index (χ4n) is 1.84. The van der Waals surface area contributed by atoms with Gasteiger partial charge in [0.1, 0.15) is 11.7 Å².